The molecule has 0 spiro atoms. The Morgan fingerprint density at radius 1 is 1.22 bits per heavy atom. The fraction of sp³-hybridized carbons (Fsp3) is 0.0833. The van der Waals surface area contributed by atoms with Gasteiger partial charge in [0.2, 0.25) is 0 Å². The minimum absolute atomic E-state index is 0.454. The second-order valence-corrected chi connectivity index (χ2v) is 4.76. The van der Waals surface area contributed by atoms with E-state index in [2.05, 4.69) is 31.0 Å². The second-order valence-electron chi connectivity index (χ2n) is 3.90. The smallest absolute Gasteiger partial charge is 0.168 e. The molecule has 2 heterocycles. The summed E-state index contributed by atoms with van der Waals surface area (Å²) in [4.78, 5) is 8.54. The highest BCUT2D eigenvalue weighted by Gasteiger charge is 2.12. The summed E-state index contributed by atoms with van der Waals surface area (Å²) in [5, 5.41) is 5.09. The van der Waals surface area contributed by atoms with Crippen LogP contribution in [0.25, 0.3) is 16.7 Å². The van der Waals surface area contributed by atoms with E-state index in [0.717, 1.165) is 15.5 Å². The Morgan fingerprint density at radius 3 is 2.78 bits per heavy atom. The second kappa shape index (κ2) is 4.06. The van der Waals surface area contributed by atoms with Gasteiger partial charge >= 0.3 is 0 Å². The Kier molecular flexibility index (Phi) is 2.52. The van der Waals surface area contributed by atoms with E-state index in [4.69, 9.17) is 5.73 Å². The number of nitrogen functional groups attached to an aromatic ring is 1. The molecule has 0 aliphatic carbocycles. The van der Waals surface area contributed by atoms with Crippen LogP contribution in [0.1, 0.15) is 5.82 Å². The fourth-order valence-electron chi connectivity index (χ4n) is 1.84. The molecule has 0 aliphatic heterocycles. The van der Waals surface area contributed by atoms with Crippen molar-refractivity contribution in [1.29, 1.82) is 0 Å². The number of rotatable bonds is 1. The van der Waals surface area contributed by atoms with Crippen LogP contribution in [0, 0.1) is 6.92 Å². The van der Waals surface area contributed by atoms with Gasteiger partial charge in [0.05, 0.1) is 17.3 Å². The molecule has 0 amide bonds. The van der Waals surface area contributed by atoms with Gasteiger partial charge in [0, 0.05) is 4.47 Å². The molecule has 5 nitrogen and oxygen atoms in total. The number of nitrogens with zero attached hydrogens (tertiary/aromatic N) is 4. The van der Waals surface area contributed by atoms with Gasteiger partial charge < -0.3 is 5.73 Å². The molecule has 0 saturated heterocycles. The normalized spacial score (nSPS) is 11.0. The molecule has 3 aromatic rings. The quantitative estimate of drug-likeness (QED) is 0.750. The first-order valence-corrected chi connectivity index (χ1v) is 6.19. The molecule has 18 heavy (non-hydrogen) atoms. The van der Waals surface area contributed by atoms with Crippen molar-refractivity contribution in [3.05, 3.63) is 40.8 Å². The summed E-state index contributed by atoms with van der Waals surface area (Å²) < 4.78 is 2.70. The van der Waals surface area contributed by atoms with Gasteiger partial charge in [-0.25, -0.2) is 14.6 Å². The first kappa shape index (κ1) is 11.2. The average Bonchev–Trinajstić information content (AvgIpc) is 2.73. The summed E-state index contributed by atoms with van der Waals surface area (Å²) >= 11 is 3.50. The Bertz CT molecular complexity index is 734. The van der Waals surface area contributed by atoms with E-state index >= 15 is 0 Å². The predicted molar refractivity (Wildman–Crippen MR) is 73.5 cm³/mol. The summed E-state index contributed by atoms with van der Waals surface area (Å²) in [5.74, 6) is 1.09. The molecule has 3 rings (SSSR count). The highest BCUT2D eigenvalue weighted by Crippen LogP contribution is 2.25. The van der Waals surface area contributed by atoms with Gasteiger partial charge in [0.25, 0.3) is 0 Å². The molecule has 2 aromatic heterocycles. The molecule has 90 valence electrons. The fourth-order valence-corrected chi connectivity index (χ4v) is 2.30. The van der Waals surface area contributed by atoms with E-state index in [9.17, 15) is 0 Å². The lowest BCUT2D eigenvalue weighted by Crippen LogP contribution is -2.01. The van der Waals surface area contributed by atoms with Crippen LogP contribution in [-0.2, 0) is 0 Å². The van der Waals surface area contributed by atoms with Crippen molar-refractivity contribution < 1.29 is 0 Å². The van der Waals surface area contributed by atoms with Gasteiger partial charge in [-0.3, -0.25) is 0 Å². The zero-order chi connectivity index (χ0) is 12.7. The Hall–Kier alpha value is -1.95. The standard InChI is InChI=1S/C12H10BrN5/c1-7-16-11(14)8-6-15-18(12(8)17-7)10-5-3-2-4-9(10)13/h2-6H,1H3,(H2,14,16,17). The summed E-state index contributed by atoms with van der Waals surface area (Å²) in [5.41, 5.74) is 7.51. The first-order valence-electron chi connectivity index (χ1n) is 5.39. The summed E-state index contributed by atoms with van der Waals surface area (Å²) in [7, 11) is 0. The predicted octanol–water partition coefficient (Wildman–Crippen LogP) is 2.47. The Labute approximate surface area is 112 Å². The minimum atomic E-state index is 0.454. The van der Waals surface area contributed by atoms with Crippen LogP contribution in [0.2, 0.25) is 0 Å². The van der Waals surface area contributed by atoms with Crippen LogP contribution in [-0.4, -0.2) is 19.7 Å². The van der Waals surface area contributed by atoms with Gasteiger partial charge in [0.15, 0.2) is 5.65 Å². The van der Waals surface area contributed by atoms with Crippen LogP contribution in [0.4, 0.5) is 5.82 Å². The Balaban J connectivity index is 2.34. The van der Waals surface area contributed by atoms with E-state index in [-0.39, 0.29) is 0 Å². The van der Waals surface area contributed by atoms with E-state index < -0.39 is 0 Å². The molecule has 0 radical (unpaired) electrons. The molecule has 6 heteroatoms. The number of nitrogens with two attached hydrogens (primary N) is 1. The van der Waals surface area contributed by atoms with Gasteiger partial charge in [-0.15, -0.1) is 0 Å². The third-order valence-electron chi connectivity index (χ3n) is 2.65. The first-order chi connectivity index (χ1) is 8.66. The zero-order valence-corrected chi connectivity index (χ0v) is 11.2. The van der Waals surface area contributed by atoms with Crippen molar-refractivity contribution in [3.63, 3.8) is 0 Å². The summed E-state index contributed by atoms with van der Waals surface area (Å²) in [6.07, 6.45) is 1.68. The van der Waals surface area contributed by atoms with E-state index in [1.54, 1.807) is 10.9 Å². The number of aryl methyl sites for hydroxylation is 1. The third-order valence-corrected chi connectivity index (χ3v) is 3.32. The maximum atomic E-state index is 5.87. The van der Waals surface area contributed by atoms with Crippen LogP contribution in [0.5, 0.6) is 0 Å². The number of halogens is 1. The highest BCUT2D eigenvalue weighted by atomic mass is 79.9. The maximum Gasteiger partial charge on any atom is 0.168 e. The number of aromatic nitrogens is 4. The monoisotopic (exact) mass is 303 g/mol. The third kappa shape index (κ3) is 1.65. The highest BCUT2D eigenvalue weighted by molar-refractivity contribution is 9.10. The molecule has 0 unspecified atom stereocenters. The molecule has 1 aromatic carbocycles. The number of benzene rings is 1. The van der Waals surface area contributed by atoms with Crippen molar-refractivity contribution in [1.82, 2.24) is 19.7 Å². The van der Waals surface area contributed by atoms with Crippen molar-refractivity contribution in [3.8, 4) is 5.69 Å². The van der Waals surface area contributed by atoms with Gasteiger partial charge in [-0.2, -0.15) is 5.10 Å². The number of anilines is 1. The van der Waals surface area contributed by atoms with Gasteiger partial charge in [-0.1, -0.05) is 12.1 Å². The van der Waals surface area contributed by atoms with E-state index in [1.165, 1.54) is 0 Å². The molecule has 0 atom stereocenters. The van der Waals surface area contributed by atoms with Crippen LogP contribution in [0.3, 0.4) is 0 Å². The van der Waals surface area contributed by atoms with Gasteiger partial charge in [0.1, 0.15) is 11.6 Å². The molecule has 0 aliphatic rings. The van der Waals surface area contributed by atoms with E-state index in [1.807, 2.05) is 31.2 Å². The molecule has 0 bridgehead atoms. The molecular formula is C12H10BrN5. The largest absolute Gasteiger partial charge is 0.383 e. The molecule has 0 fully saturated rings. The molecule has 0 saturated carbocycles. The minimum Gasteiger partial charge on any atom is -0.383 e. The van der Waals surface area contributed by atoms with Crippen LogP contribution in [0.15, 0.2) is 34.9 Å². The molecule has 2 N–H and O–H groups in total. The van der Waals surface area contributed by atoms with Crippen molar-refractivity contribution in [2.45, 2.75) is 6.92 Å². The topological polar surface area (TPSA) is 69.6 Å². The van der Waals surface area contributed by atoms with Crippen molar-refractivity contribution >= 4 is 32.8 Å². The van der Waals surface area contributed by atoms with Crippen molar-refractivity contribution in [2.75, 3.05) is 5.73 Å². The summed E-state index contributed by atoms with van der Waals surface area (Å²) in [6.45, 7) is 1.81. The number of para-hydroxylation sites is 1. The van der Waals surface area contributed by atoms with Crippen LogP contribution >= 0.6 is 15.9 Å². The zero-order valence-electron chi connectivity index (χ0n) is 9.63. The lowest BCUT2D eigenvalue weighted by atomic mass is 10.3. The average molecular weight is 304 g/mol. The molecular weight excluding hydrogens is 294 g/mol. The van der Waals surface area contributed by atoms with Crippen LogP contribution < -0.4 is 5.73 Å². The lowest BCUT2D eigenvalue weighted by molar-refractivity contribution is 0.886. The SMILES string of the molecule is Cc1nc(N)c2cnn(-c3ccccc3Br)c2n1. The lowest BCUT2D eigenvalue weighted by Gasteiger charge is -2.05. The number of hydrogen-bond acceptors (Lipinski definition) is 4. The maximum absolute atomic E-state index is 5.87. The number of hydrogen-bond donors (Lipinski definition) is 1. The number of fused-ring (bicyclic) bond motifs is 1. The summed E-state index contributed by atoms with van der Waals surface area (Å²) in [6, 6.07) is 7.82. The van der Waals surface area contributed by atoms with E-state index in [0.29, 0.717) is 17.3 Å². The van der Waals surface area contributed by atoms with Gasteiger partial charge in [-0.05, 0) is 35.0 Å². The Morgan fingerprint density at radius 2 is 2.00 bits per heavy atom. The van der Waals surface area contributed by atoms with Crippen molar-refractivity contribution in [2.24, 2.45) is 0 Å².